The first kappa shape index (κ1) is 20.7. The SMILES string of the molecule is CCCCOC(=O)C(OC(C)=O)c1cccc(C[C@@H](C)C(=O)OC)c1. The highest BCUT2D eigenvalue weighted by molar-refractivity contribution is 5.80. The van der Waals surface area contributed by atoms with Gasteiger partial charge in [-0.05, 0) is 18.4 Å². The van der Waals surface area contributed by atoms with E-state index in [4.69, 9.17) is 14.2 Å². The minimum absolute atomic E-state index is 0.284. The molecule has 0 heterocycles. The average Bonchev–Trinajstić information content (AvgIpc) is 2.59. The first-order valence-corrected chi connectivity index (χ1v) is 8.39. The van der Waals surface area contributed by atoms with Crippen molar-refractivity contribution in [3.05, 3.63) is 35.4 Å². The second kappa shape index (κ2) is 10.5. The molecule has 0 saturated heterocycles. The number of esters is 3. The fraction of sp³-hybridized carbons (Fsp3) is 0.526. The molecule has 0 aromatic heterocycles. The van der Waals surface area contributed by atoms with E-state index in [0.717, 1.165) is 18.4 Å². The van der Waals surface area contributed by atoms with Crippen LogP contribution in [0.5, 0.6) is 0 Å². The van der Waals surface area contributed by atoms with Crippen LogP contribution < -0.4 is 0 Å². The summed E-state index contributed by atoms with van der Waals surface area (Å²) in [6, 6.07) is 7.04. The fourth-order valence-electron chi connectivity index (χ4n) is 2.33. The number of unbranched alkanes of at least 4 members (excludes halogenated alkanes) is 1. The molecule has 0 aliphatic heterocycles. The number of rotatable bonds is 9. The first-order chi connectivity index (χ1) is 11.9. The summed E-state index contributed by atoms with van der Waals surface area (Å²) in [5.74, 6) is -1.78. The van der Waals surface area contributed by atoms with Crippen molar-refractivity contribution in [1.82, 2.24) is 0 Å². The van der Waals surface area contributed by atoms with E-state index < -0.39 is 18.0 Å². The maximum atomic E-state index is 12.3. The Labute approximate surface area is 148 Å². The molecule has 0 bridgehead atoms. The molecule has 0 N–H and O–H groups in total. The summed E-state index contributed by atoms with van der Waals surface area (Å²) in [5.41, 5.74) is 1.36. The molecular formula is C19H26O6. The Balaban J connectivity index is 2.94. The lowest BCUT2D eigenvalue weighted by Gasteiger charge is -2.17. The van der Waals surface area contributed by atoms with Gasteiger partial charge in [-0.3, -0.25) is 9.59 Å². The highest BCUT2D eigenvalue weighted by Gasteiger charge is 2.26. The van der Waals surface area contributed by atoms with Crippen LogP contribution >= 0.6 is 0 Å². The Hall–Kier alpha value is -2.37. The van der Waals surface area contributed by atoms with Gasteiger partial charge in [-0.2, -0.15) is 0 Å². The zero-order valence-electron chi connectivity index (χ0n) is 15.2. The molecular weight excluding hydrogens is 324 g/mol. The third kappa shape index (κ3) is 6.95. The summed E-state index contributed by atoms with van der Waals surface area (Å²) in [5, 5.41) is 0. The van der Waals surface area contributed by atoms with E-state index >= 15 is 0 Å². The zero-order valence-corrected chi connectivity index (χ0v) is 15.2. The smallest absolute Gasteiger partial charge is 0.352 e. The quantitative estimate of drug-likeness (QED) is 0.387. The van der Waals surface area contributed by atoms with Gasteiger partial charge in [0.15, 0.2) is 0 Å². The summed E-state index contributed by atoms with van der Waals surface area (Å²) in [6.07, 6.45) is 0.988. The number of benzene rings is 1. The van der Waals surface area contributed by atoms with Crippen molar-refractivity contribution in [2.75, 3.05) is 13.7 Å². The lowest BCUT2D eigenvalue weighted by Crippen LogP contribution is -2.22. The number of methoxy groups -OCH3 is 1. The topological polar surface area (TPSA) is 78.9 Å². The van der Waals surface area contributed by atoms with E-state index in [-0.39, 0.29) is 18.5 Å². The highest BCUT2D eigenvalue weighted by Crippen LogP contribution is 2.22. The van der Waals surface area contributed by atoms with Crippen LogP contribution in [-0.2, 0) is 35.0 Å². The van der Waals surface area contributed by atoms with E-state index in [9.17, 15) is 14.4 Å². The molecule has 25 heavy (non-hydrogen) atoms. The van der Waals surface area contributed by atoms with Gasteiger partial charge >= 0.3 is 17.9 Å². The van der Waals surface area contributed by atoms with Gasteiger partial charge in [0.1, 0.15) is 0 Å². The lowest BCUT2D eigenvalue weighted by atomic mass is 9.98. The molecule has 1 unspecified atom stereocenters. The van der Waals surface area contributed by atoms with Crippen molar-refractivity contribution in [2.45, 2.75) is 46.1 Å². The monoisotopic (exact) mass is 350 g/mol. The number of carbonyl (C=O) groups is 3. The van der Waals surface area contributed by atoms with Gasteiger partial charge in [-0.25, -0.2) is 4.79 Å². The van der Waals surface area contributed by atoms with Gasteiger partial charge in [0, 0.05) is 12.5 Å². The Bertz CT molecular complexity index is 595. The highest BCUT2D eigenvalue weighted by atomic mass is 16.6. The van der Waals surface area contributed by atoms with Crippen molar-refractivity contribution >= 4 is 17.9 Å². The summed E-state index contributed by atoms with van der Waals surface area (Å²) < 4.78 is 15.1. The molecule has 0 aliphatic rings. The van der Waals surface area contributed by atoms with E-state index in [1.165, 1.54) is 14.0 Å². The van der Waals surface area contributed by atoms with Gasteiger partial charge in [-0.15, -0.1) is 0 Å². The number of hydrogen-bond donors (Lipinski definition) is 0. The van der Waals surface area contributed by atoms with Crippen LogP contribution in [0.4, 0.5) is 0 Å². The molecule has 6 heteroatoms. The molecule has 2 atom stereocenters. The van der Waals surface area contributed by atoms with E-state index in [2.05, 4.69) is 0 Å². The second-order valence-electron chi connectivity index (χ2n) is 5.88. The Morgan fingerprint density at radius 2 is 1.88 bits per heavy atom. The molecule has 6 nitrogen and oxygen atoms in total. The summed E-state index contributed by atoms with van der Waals surface area (Å²) in [7, 11) is 1.35. The van der Waals surface area contributed by atoms with Gasteiger partial charge in [0.05, 0.1) is 19.6 Å². The second-order valence-corrected chi connectivity index (χ2v) is 5.88. The van der Waals surface area contributed by atoms with E-state index in [1.807, 2.05) is 13.0 Å². The van der Waals surface area contributed by atoms with Crippen molar-refractivity contribution in [1.29, 1.82) is 0 Å². The molecule has 0 saturated carbocycles. The molecule has 0 amide bonds. The largest absolute Gasteiger partial charge is 0.469 e. The van der Waals surface area contributed by atoms with Crippen LogP contribution in [0.1, 0.15) is 50.8 Å². The van der Waals surface area contributed by atoms with Crippen LogP contribution in [0.15, 0.2) is 24.3 Å². The average molecular weight is 350 g/mol. The minimum atomic E-state index is -1.11. The lowest BCUT2D eigenvalue weighted by molar-refractivity contribution is -0.167. The van der Waals surface area contributed by atoms with Crippen LogP contribution in [0.3, 0.4) is 0 Å². The Kier molecular flexibility index (Phi) is 8.67. The fourth-order valence-corrected chi connectivity index (χ4v) is 2.33. The molecule has 0 fully saturated rings. The molecule has 0 spiro atoms. The van der Waals surface area contributed by atoms with Gasteiger partial charge in [0.25, 0.3) is 0 Å². The zero-order chi connectivity index (χ0) is 18.8. The van der Waals surface area contributed by atoms with Gasteiger partial charge < -0.3 is 14.2 Å². The summed E-state index contributed by atoms with van der Waals surface area (Å²) in [4.78, 5) is 35.2. The molecule has 1 aromatic carbocycles. The minimum Gasteiger partial charge on any atom is -0.469 e. The first-order valence-electron chi connectivity index (χ1n) is 8.39. The van der Waals surface area contributed by atoms with Crippen LogP contribution in [0.25, 0.3) is 0 Å². The maximum Gasteiger partial charge on any atom is 0.352 e. The van der Waals surface area contributed by atoms with Gasteiger partial charge in [0.2, 0.25) is 6.10 Å². The molecule has 1 rings (SSSR count). The molecule has 0 radical (unpaired) electrons. The predicted octanol–water partition coefficient (Wildman–Crippen LogP) is 2.99. The van der Waals surface area contributed by atoms with Crippen molar-refractivity contribution < 1.29 is 28.6 Å². The molecule has 138 valence electrons. The molecule has 0 aliphatic carbocycles. The maximum absolute atomic E-state index is 12.3. The summed E-state index contributed by atoms with van der Waals surface area (Å²) in [6.45, 7) is 5.28. The van der Waals surface area contributed by atoms with Crippen molar-refractivity contribution in [3.63, 3.8) is 0 Å². The predicted molar refractivity (Wildman–Crippen MR) is 91.7 cm³/mol. The van der Waals surface area contributed by atoms with Crippen molar-refractivity contribution in [2.24, 2.45) is 5.92 Å². The number of ether oxygens (including phenoxy) is 3. The third-order valence-corrected chi connectivity index (χ3v) is 3.64. The number of carbonyl (C=O) groups excluding carboxylic acids is 3. The normalized spacial score (nSPS) is 12.8. The number of hydrogen-bond acceptors (Lipinski definition) is 6. The van der Waals surface area contributed by atoms with E-state index in [1.54, 1.807) is 25.1 Å². The standard InChI is InChI=1S/C19H26O6/c1-5-6-10-24-19(22)17(25-14(3)20)16-9-7-8-15(12-16)11-13(2)18(21)23-4/h7-9,12-13,17H,5-6,10-11H2,1-4H3/t13-,17?/m1/s1. The Morgan fingerprint density at radius 1 is 1.16 bits per heavy atom. The molecule has 1 aromatic rings. The van der Waals surface area contributed by atoms with E-state index in [0.29, 0.717) is 12.0 Å². The third-order valence-electron chi connectivity index (χ3n) is 3.64. The van der Waals surface area contributed by atoms with Gasteiger partial charge in [-0.1, -0.05) is 44.5 Å². The summed E-state index contributed by atoms with van der Waals surface area (Å²) >= 11 is 0. The van der Waals surface area contributed by atoms with Crippen LogP contribution in [0.2, 0.25) is 0 Å². The van der Waals surface area contributed by atoms with Crippen LogP contribution in [0, 0.1) is 5.92 Å². The van der Waals surface area contributed by atoms with Crippen molar-refractivity contribution in [3.8, 4) is 0 Å². The van der Waals surface area contributed by atoms with Crippen LogP contribution in [-0.4, -0.2) is 31.6 Å². The Morgan fingerprint density at radius 3 is 2.48 bits per heavy atom.